The Labute approximate surface area is 155 Å². The van der Waals surface area contributed by atoms with E-state index in [1.54, 1.807) is 5.38 Å². The molecular formula is C14H18ClN3O3S3. The van der Waals surface area contributed by atoms with Gasteiger partial charge >= 0.3 is 0 Å². The number of hydrogen-bond donors (Lipinski definition) is 3. The fourth-order valence-electron chi connectivity index (χ4n) is 2.14. The molecule has 0 atom stereocenters. The first kappa shape index (κ1) is 19.4. The van der Waals surface area contributed by atoms with Crippen molar-refractivity contribution in [1.82, 2.24) is 15.4 Å². The monoisotopic (exact) mass is 407 g/mol. The first-order valence-corrected chi connectivity index (χ1v) is 10.4. The number of sulfonamides is 1. The maximum Gasteiger partial charge on any atom is 0.262 e. The average Bonchev–Trinajstić information content (AvgIpc) is 3.15. The summed E-state index contributed by atoms with van der Waals surface area (Å²) in [5.41, 5.74) is 0. The van der Waals surface area contributed by atoms with Crippen LogP contribution < -0.4 is 15.4 Å². The van der Waals surface area contributed by atoms with Gasteiger partial charge in [-0.25, -0.2) is 13.1 Å². The van der Waals surface area contributed by atoms with Gasteiger partial charge in [0.15, 0.2) is 0 Å². The Balaban J connectivity index is 0.00000208. The third-order valence-electron chi connectivity index (χ3n) is 3.56. The topological polar surface area (TPSA) is 87.3 Å². The second kappa shape index (κ2) is 8.41. The molecule has 0 unspecified atom stereocenters. The summed E-state index contributed by atoms with van der Waals surface area (Å²) in [6.07, 6.45) is 0. The summed E-state index contributed by atoms with van der Waals surface area (Å²) in [6.45, 7) is 2.56. The van der Waals surface area contributed by atoms with Crippen LogP contribution in [0.3, 0.4) is 0 Å². The molecule has 6 nitrogen and oxygen atoms in total. The second-order valence-corrected chi connectivity index (χ2v) is 8.94. The molecule has 0 spiro atoms. The van der Waals surface area contributed by atoms with E-state index in [2.05, 4.69) is 15.4 Å². The van der Waals surface area contributed by atoms with Crippen LogP contribution in [-0.4, -0.2) is 34.0 Å². The second-order valence-electron chi connectivity index (χ2n) is 5.25. The normalized spacial score (nSPS) is 14.7. The minimum absolute atomic E-state index is 0. The number of amides is 1. The van der Waals surface area contributed by atoms with Crippen LogP contribution >= 0.6 is 35.1 Å². The van der Waals surface area contributed by atoms with Crippen LogP contribution in [0.1, 0.15) is 14.5 Å². The van der Waals surface area contributed by atoms with Gasteiger partial charge in [-0.3, -0.25) is 4.79 Å². The van der Waals surface area contributed by atoms with Gasteiger partial charge in [-0.1, -0.05) is 6.07 Å². The summed E-state index contributed by atoms with van der Waals surface area (Å²) in [5, 5.41) is 9.46. The van der Waals surface area contributed by atoms with Crippen molar-refractivity contribution in [3.05, 3.63) is 38.7 Å². The van der Waals surface area contributed by atoms with Crippen LogP contribution in [0.4, 0.5) is 0 Å². The SMILES string of the molecule is Cl.O=C(NCC1CNC1)c1sccc1S(=O)(=O)NCc1cccs1. The third-order valence-corrected chi connectivity index (χ3v) is 6.92. The zero-order valence-electron chi connectivity index (χ0n) is 12.7. The zero-order chi connectivity index (χ0) is 16.3. The van der Waals surface area contributed by atoms with E-state index < -0.39 is 10.0 Å². The van der Waals surface area contributed by atoms with Gasteiger partial charge in [0, 0.05) is 37.0 Å². The highest BCUT2D eigenvalue weighted by atomic mass is 35.5. The van der Waals surface area contributed by atoms with E-state index in [1.165, 1.54) is 17.4 Å². The molecule has 3 heterocycles. The number of thiophene rings is 2. The average molecular weight is 408 g/mol. The molecule has 0 aromatic carbocycles. The van der Waals surface area contributed by atoms with E-state index >= 15 is 0 Å². The summed E-state index contributed by atoms with van der Waals surface area (Å²) in [4.78, 5) is 13.4. The van der Waals surface area contributed by atoms with Gasteiger partial charge in [0.1, 0.15) is 9.77 Å². The van der Waals surface area contributed by atoms with Gasteiger partial charge < -0.3 is 10.6 Å². The van der Waals surface area contributed by atoms with Crippen molar-refractivity contribution in [3.8, 4) is 0 Å². The fraction of sp³-hybridized carbons (Fsp3) is 0.357. The zero-order valence-corrected chi connectivity index (χ0v) is 15.9. The molecule has 3 rings (SSSR count). The summed E-state index contributed by atoms with van der Waals surface area (Å²) >= 11 is 2.62. The van der Waals surface area contributed by atoms with E-state index in [1.807, 2.05) is 17.5 Å². The molecule has 0 aliphatic carbocycles. The predicted molar refractivity (Wildman–Crippen MR) is 98.6 cm³/mol. The van der Waals surface area contributed by atoms with E-state index in [4.69, 9.17) is 0 Å². The molecule has 132 valence electrons. The lowest BCUT2D eigenvalue weighted by Crippen LogP contribution is -2.48. The van der Waals surface area contributed by atoms with E-state index in [9.17, 15) is 13.2 Å². The Hall–Kier alpha value is -0.970. The molecule has 0 bridgehead atoms. The molecule has 1 saturated heterocycles. The number of carbonyl (C=O) groups excluding carboxylic acids is 1. The number of rotatable bonds is 7. The van der Waals surface area contributed by atoms with Crippen molar-refractivity contribution in [3.63, 3.8) is 0 Å². The predicted octanol–water partition coefficient (Wildman–Crippen LogP) is 1.66. The number of carbonyl (C=O) groups is 1. The van der Waals surface area contributed by atoms with Crippen molar-refractivity contribution < 1.29 is 13.2 Å². The highest BCUT2D eigenvalue weighted by molar-refractivity contribution is 7.89. The van der Waals surface area contributed by atoms with Gasteiger partial charge in [-0.15, -0.1) is 35.1 Å². The van der Waals surface area contributed by atoms with Gasteiger partial charge in [0.2, 0.25) is 10.0 Å². The Bertz CT molecular complexity index is 770. The molecule has 0 radical (unpaired) electrons. The maximum absolute atomic E-state index is 12.4. The molecule has 10 heteroatoms. The molecular weight excluding hydrogens is 390 g/mol. The summed E-state index contributed by atoms with van der Waals surface area (Å²) in [6, 6.07) is 5.20. The van der Waals surface area contributed by atoms with Gasteiger partial charge in [0.25, 0.3) is 5.91 Å². The van der Waals surface area contributed by atoms with Crippen molar-refractivity contribution in [1.29, 1.82) is 0 Å². The minimum atomic E-state index is -3.70. The molecule has 0 saturated carbocycles. The molecule has 24 heavy (non-hydrogen) atoms. The maximum atomic E-state index is 12.4. The highest BCUT2D eigenvalue weighted by Crippen LogP contribution is 2.22. The van der Waals surface area contributed by atoms with Crippen LogP contribution in [0.5, 0.6) is 0 Å². The van der Waals surface area contributed by atoms with E-state index in [0.717, 1.165) is 29.3 Å². The van der Waals surface area contributed by atoms with E-state index in [0.29, 0.717) is 12.5 Å². The standard InChI is InChI=1S/C14H17N3O3S3.ClH/c18-14(16-8-10-6-15-7-10)13-12(3-5-22-13)23(19,20)17-9-11-2-1-4-21-11;/h1-5,10,15,17H,6-9H2,(H,16,18);1H. The Morgan fingerprint density at radius 2 is 2.04 bits per heavy atom. The van der Waals surface area contributed by atoms with Crippen LogP contribution in [-0.2, 0) is 16.6 Å². The number of nitrogens with one attached hydrogen (secondary N) is 3. The number of halogens is 1. The molecule has 1 aliphatic heterocycles. The molecule has 2 aromatic heterocycles. The van der Waals surface area contributed by atoms with Crippen molar-refractivity contribution in [2.75, 3.05) is 19.6 Å². The van der Waals surface area contributed by atoms with Crippen molar-refractivity contribution >= 4 is 51.0 Å². The quantitative estimate of drug-likeness (QED) is 0.651. The number of hydrogen-bond acceptors (Lipinski definition) is 6. The summed E-state index contributed by atoms with van der Waals surface area (Å²) < 4.78 is 27.4. The Morgan fingerprint density at radius 3 is 2.67 bits per heavy atom. The highest BCUT2D eigenvalue weighted by Gasteiger charge is 2.25. The Morgan fingerprint density at radius 1 is 1.25 bits per heavy atom. The fourth-order valence-corrected chi connectivity index (χ4v) is 5.23. The van der Waals surface area contributed by atoms with E-state index in [-0.39, 0.29) is 34.6 Å². The molecule has 2 aromatic rings. The van der Waals surface area contributed by atoms with Crippen molar-refractivity contribution in [2.24, 2.45) is 5.92 Å². The van der Waals surface area contributed by atoms with Crippen LogP contribution in [0, 0.1) is 5.92 Å². The van der Waals surface area contributed by atoms with Gasteiger partial charge in [0.05, 0.1) is 0 Å². The first-order valence-electron chi connectivity index (χ1n) is 7.15. The van der Waals surface area contributed by atoms with Crippen LogP contribution in [0.25, 0.3) is 0 Å². The largest absolute Gasteiger partial charge is 0.351 e. The molecule has 1 amide bonds. The summed E-state index contributed by atoms with van der Waals surface area (Å²) in [5.74, 6) is 0.0966. The third kappa shape index (κ3) is 4.56. The van der Waals surface area contributed by atoms with Crippen LogP contribution in [0.15, 0.2) is 33.9 Å². The Kier molecular flexibility index (Phi) is 6.79. The molecule has 3 N–H and O–H groups in total. The van der Waals surface area contributed by atoms with Gasteiger partial charge in [-0.2, -0.15) is 0 Å². The van der Waals surface area contributed by atoms with Crippen molar-refractivity contribution in [2.45, 2.75) is 11.4 Å². The lowest BCUT2D eigenvalue weighted by Gasteiger charge is -2.27. The van der Waals surface area contributed by atoms with Crippen LogP contribution in [0.2, 0.25) is 0 Å². The first-order chi connectivity index (χ1) is 11.1. The smallest absolute Gasteiger partial charge is 0.262 e. The molecule has 1 fully saturated rings. The lowest BCUT2D eigenvalue weighted by atomic mass is 10.0. The summed E-state index contributed by atoms with van der Waals surface area (Å²) in [7, 11) is -3.70. The molecule has 1 aliphatic rings. The van der Waals surface area contributed by atoms with Gasteiger partial charge in [-0.05, 0) is 22.9 Å². The lowest BCUT2D eigenvalue weighted by molar-refractivity contribution is 0.0943. The minimum Gasteiger partial charge on any atom is -0.351 e.